The molecule has 1 saturated heterocycles. The lowest BCUT2D eigenvalue weighted by Gasteiger charge is -2.33. The monoisotopic (exact) mass is 230 g/mol. The number of esters is 1. The summed E-state index contributed by atoms with van der Waals surface area (Å²) in [7, 11) is 0. The maximum Gasteiger partial charge on any atom is 0.339 e. The van der Waals surface area contributed by atoms with Crippen molar-refractivity contribution in [3.8, 4) is 0 Å². The summed E-state index contributed by atoms with van der Waals surface area (Å²) in [6.45, 7) is 8.13. The van der Waals surface area contributed by atoms with Gasteiger partial charge in [0.1, 0.15) is 6.10 Å². The van der Waals surface area contributed by atoms with Crippen LogP contribution in [0.1, 0.15) is 47.0 Å². The molecule has 0 saturated carbocycles. The Morgan fingerprint density at radius 1 is 1.47 bits per heavy atom. The van der Waals surface area contributed by atoms with E-state index in [-0.39, 0.29) is 17.5 Å². The summed E-state index contributed by atoms with van der Waals surface area (Å²) in [5.74, 6) is -0.240. The van der Waals surface area contributed by atoms with Gasteiger partial charge in [0.15, 0.2) is 0 Å². The van der Waals surface area contributed by atoms with Crippen molar-refractivity contribution in [3.05, 3.63) is 10.6 Å². The van der Waals surface area contributed by atoms with Crippen LogP contribution in [0.4, 0.5) is 0 Å². The van der Waals surface area contributed by atoms with Crippen molar-refractivity contribution in [3.63, 3.8) is 0 Å². The third-order valence-corrected chi connectivity index (χ3v) is 3.28. The highest BCUT2D eigenvalue weighted by molar-refractivity contribution is 6.32. The summed E-state index contributed by atoms with van der Waals surface area (Å²) >= 11 is 6.21. The van der Waals surface area contributed by atoms with Gasteiger partial charge in [-0.25, -0.2) is 4.79 Å². The van der Waals surface area contributed by atoms with Crippen molar-refractivity contribution in [2.45, 2.75) is 53.1 Å². The number of unbranched alkanes of at least 4 members (excludes halogenated alkanes) is 1. The van der Waals surface area contributed by atoms with E-state index in [9.17, 15) is 4.79 Å². The number of ether oxygens (including phenoxy) is 1. The molecule has 0 bridgehead atoms. The number of cyclic esters (lactones) is 1. The van der Waals surface area contributed by atoms with Gasteiger partial charge in [-0.05, 0) is 18.3 Å². The van der Waals surface area contributed by atoms with E-state index >= 15 is 0 Å². The highest BCUT2D eigenvalue weighted by atomic mass is 35.5. The number of hydrogen-bond donors (Lipinski definition) is 0. The fourth-order valence-corrected chi connectivity index (χ4v) is 1.75. The minimum Gasteiger partial charge on any atom is -0.454 e. The number of halogens is 1. The molecule has 0 N–H and O–H groups in total. The van der Waals surface area contributed by atoms with Gasteiger partial charge >= 0.3 is 5.97 Å². The van der Waals surface area contributed by atoms with Gasteiger partial charge in [-0.3, -0.25) is 0 Å². The van der Waals surface area contributed by atoms with E-state index in [0.717, 1.165) is 19.3 Å². The number of carbonyl (C=O) groups excluding carboxylic acids is 1. The van der Waals surface area contributed by atoms with Gasteiger partial charge in [0.25, 0.3) is 0 Å². The minimum atomic E-state index is -0.240. The molecule has 0 aromatic heterocycles. The Bertz CT molecular complexity index is 286. The van der Waals surface area contributed by atoms with E-state index in [1.165, 1.54) is 0 Å². The summed E-state index contributed by atoms with van der Waals surface area (Å²) in [4.78, 5) is 11.3. The lowest BCUT2D eigenvalue weighted by molar-refractivity contribution is -0.156. The smallest absolute Gasteiger partial charge is 0.339 e. The molecule has 1 unspecified atom stereocenters. The van der Waals surface area contributed by atoms with Crippen LogP contribution in [0.25, 0.3) is 0 Å². The molecule has 15 heavy (non-hydrogen) atoms. The zero-order valence-corrected chi connectivity index (χ0v) is 10.6. The first kappa shape index (κ1) is 12.6. The highest BCUT2D eigenvalue weighted by Crippen LogP contribution is 2.38. The maximum absolute atomic E-state index is 11.3. The van der Waals surface area contributed by atoms with E-state index in [0.29, 0.717) is 10.6 Å². The first-order valence-electron chi connectivity index (χ1n) is 5.49. The summed E-state index contributed by atoms with van der Waals surface area (Å²) in [6, 6.07) is 0. The molecule has 1 rings (SSSR count). The van der Waals surface area contributed by atoms with E-state index in [1.54, 1.807) is 0 Å². The Balaban J connectivity index is 2.78. The summed E-state index contributed by atoms with van der Waals surface area (Å²) in [5, 5.41) is 0.653. The van der Waals surface area contributed by atoms with Gasteiger partial charge in [0.05, 0.1) is 5.57 Å². The molecule has 1 atom stereocenters. The van der Waals surface area contributed by atoms with Crippen LogP contribution in [0.3, 0.4) is 0 Å². The molecular weight excluding hydrogens is 212 g/mol. The molecule has 3 heteroatoms. The first-order chi connectivity index (χ1) is 6.88. The fourth-order valence-electron chi connectivity index (χ4n) is 1.55. The van der Waals surface area contributed by atoms with Gasteiger partial charge in [0, 0.05) is 5.03 Å². The second-order valence-corrected chi connectivity index (χ2v) is 5.39. The largest absolute Gasteiger partial charge is 0.454 e. The molecule has 0 spiro atoms. The van der Waals surface area contributed by atoms with Gasteiger partial charge in [-0.15, -0.1) is 0 Å². The van der Waals surface area contributed by atoms with Crippen LogP contribution in [-0.2, 0) is 9.53 Å². The molecular formula is C12H19ClO2. The molecule has 0 aliphatic carbocycles. The molecule has 0 aromatic rings. The van der Waals surface area contributed by atoms with Crippen LogP contribution in [0.5, 0.6) is 0 Å². The van der Waals surface area contributed by atoms with Crippen LogP contribution in [-0.4, -0.2) is 12.1 Å². The number of carbonyl (C=O) groups is 1. The molecule has 1 aliphatic heterocycles. The van der Waals surface area contributed by atoms with Crippen LogP contribution >= 0.6 is 11.6 Å². The standard InChI is InChI=1S/C12H19ClO2/c1-5-6-7-8-9(11(14)15-8)10(13)12(2,3)4/h8H,5-7H2,1-4H3/b10-9-. The SMILES string of the molecule is CCCCC1OC(=O)/C1=C(\Cl)C(C)(C)C. The van der Waals surface area contributed by atoms with E-state index in [4.69, 9.17) is 16.3 Å². The predicted octanol–water partition coefficient (Wildman–Crippen LogP) is 3.64. The summed E-state index contributed by atoms with van der Waals surface area (Å²) in [5.41, 5.74) is 0.526. The zero-order valence-electron chi connectivity index (χ0n) is 9.89. The van der Waals surface area contributed by atoms with Crippen molar-refractivity contribution in [1.82, 2.24) is 0 Å². The zero-order chi connectivity index (χ0) is 11.6. The van der Waals surface area contributed by atoms with Gasteiger partial charge in [-0.1, -0.05) is 45.7 Å². The predicted molar refractivity (Wildman–Crippen MR) is 61.7 cm³/mol. The molecule has 86 valence electrons. The average Bonchev–Trinajstić information content (AvgIpc) is 2.10. The minimum absolute atomic E-state index is 0.0656. The Morgan fingerprint density at radius 2 is 2.07 bits per heavy atom. The van der Waals surface area contributed by atoms with E-state index < -0.39 is 0 Å². The van der Waals surface area contributed by atoms with E-state index in [2.05, 4.69) is 6.92 Å². The van der Waals surface area contributed by atoms with Gasteiger partial charge in [-0.2, -0.15) is 0 Å². The van der Waals surface area contributed by atoms with Crippen molar-refractivity contribution < 1.29 is 9.53 Å². The Labute approximate surface area is 96.6 Å². The van der Waals surface area contributed by atoms with Crippen molar-refractivity contribution in [2.75, 3.05) is 0 Å². The molecule has 1 heterocycles. The van der Waals surface area contributed by atoms with Crippen molar-refractivity contribution in [1.29, 1.82) is 0 Å². The van der Waals surface area contributed by atoms with Crippen LogP contribution in [0, 0.1) is 5.41 Å². The summed E-state index contributed by atoms with van der Waals surface area (Å²) < 4.78 is 5.09. The Kier molecular flexibility index (Phi) is 3.82. The molecule has 0 radical (unpaired) electrons. The lowest BCUT2D eigenvalue weighted by Crippen LogP contribution is -2.38. The third kappa shape index (κ3) is 2.75. The van der Waals surface area contributed by atoms with Crippen LogP contribution < -0.4 is 0 Å². The Hall–Kier alpha value is -0.500. The second kappa shape index (κ2) is 4.56. The van der Waals surface area contributed by atoms with Crippen molar-refractivity contribution >= 4 is 17.6 Å². The van der Waals surface area contributed by atoms with Crippen LogP contribution in [0.15, 0.2) is 10.6 Å². The normalized spacial score (nSPS) is 24.6. The molecule has 1 fully saturated rings. The molecule has 0 amide bonds. The Morgan fingerprint density at radius 3 is 2.47 bits per heavy atom. The van der Waals surface area contributed by atoms with Crippen LogP contribution in [0.2, 0.25) is 0 Å². The topological polar surface area (TPSA) is 26.3 Å². The average molecular weight is 231 g/mol. The van der Waals surface area contributed by atoms with Crippen molar-refractivity contribution in [2.24, 2.45) is 5.41 Å². The van der Waals surface area contributed by atoms with Gasteiger partial charge < -0.3 is 4.74 Å². The lowest BCUT2D eigenvalue weighted by atomic mass is 9.88. The van der Waals surface area contributed by atoms with E-state index in [1.807, 2.05) is 20.8 Å². The maximum atomic E-state index is 11.3. The first-order valence-corrected chi connectivity index (χ1v) is 5.86. The third-order valence-electron chi connectivity index (χ3n) is 2.51. The quantitative estimate of drug-likeness (QED) is 0.547. The number of rotatable bonds is 3. The number of hydrogen-bond acceptors (Lipinski definition) is 2. The second-order valence-electron chi connectivity index (χ2n) is 5.01. The molecule has 0 aromatic carbocycles. The van der Waals surface area contributed by atoms with Gasteiger partial charge in [0.2, 0.25) is 0 Å². The molecule has 1 aliphatic rings. The fraction of sp³-hybridized carbons (Fsp3) is 0.750. The highest BCUT2D eigenvalue weighted by Gasteiger charge is 2.40. The number of allylic oxidation sites excluding steroid dienone is 1. The summed E-state index contributed by atoms with van der Waals surface area (Å²) in [6.07, 6.45) is 3.00. The molecule has 2 nitrogen and oxygen atoms in total.